The van der Waals surface area contributed by atoms with E-state index in [0.717, 1.165) is 61.3 Å². The molecule has 2 aliphatic rings. The van der Waals surface area contributed by atoms with Crippen LogP contribution in [-0.2, 0) is 35.5 Å². The first-order chi connectivity index (χ1) is 16.2. The molecular weight excluding hydrogens is 436 g/mol. The fourth-order valence-electron chi connectivity index (χ4n) is 5.16. The van der Waals surface area contributed by atoms with Gasteiger partial charge in [0.25, 0.3) is 0 Å². The van der Waals surface area contributed by atoms with Crippen LogP contribution < -0.4 is 28.7 Å². The zero-order chi connectivity index (χ0) is 24.6. The van der Waals surface area contributed by atoms with E-state index in [2.05, 4.69) is 14.1 Å². The van der Waals surface area contributed by atoms with Crippen LogP contribution in [0.25, 0.3) is 11.1 Å². The quantitative estimate of drug-likeness (QED) is 0.486. The molecule has 2 aliphatic heterocycles. The van der Waals surface area contributed by atoms with Gasteiger partial charge >= 0.3 is 11.9 Å². The van der Waals surface area contributed by atoms with E-state index in [-0.39, 0.29) is 11.9 Å². The van der Waals surface area contributed by atoms with Crippen molar-refractivity contribution in [1.29, 1.82) is 0 Å². The lowest BCUT2D eigenvalue weighted by Gasteiger charge is -2.30. The highest BCUT2D eigenvalue weighted by Gasteiger charge is 2.32. The summed E-state index contributed by atoms with van der Waals surface area (Å²) < 4.78 is 22.7. The molecule has 0 radical (unpaired) electrons. The van der Waals surface area contributed by atoms with Gasteiger partial charge in [0.05, 0.1) is 52.5 Å². The van der Waals surface area contributed by atoms with E-state index in [1.54, 1.807) is 14.2 Å². The van der Waals surface area contributed by atoms with Crippen LogP contribution in [0, 0.1) is 0 Å². The molecule has 2 aromatic carbocycles. The molecule has 0 fully saturated rings. The molecule has 8 heteroatoms. The van der Waals surface area contributed by atoms with Crippen LogP contribution in [0.15, 0.2) is 12.1 Å². The molecule has 2 heterocycles. The second-order valence-corrected chi connectivity index (χ2v) is 9.28. The van der Waals surface area contributed by atoms with Crippen molar-refractivity contribution in [1.82, 2.24) is 0 Å². The van der Waals surface area contributed by atoms with E-state index >= 15 is 0 Å². The average molecular weight is 471 g/mol. The molecule has 2 N–H and O–H groups in total. The lowest BCUT2D eigenvalue weighted by molar-refractivity contribution is -0.895. The summed E-state index contributed by atoms with van der Waals surface area (Å²) in [6.07, 6.45) is 1.70. The molecule has 2 aromatic rings. The van der Waals surface area contributed by atoms with Crippen LogP contribution in [0.4, 0.5) is 0 Å². The lowest BCUT2D eigenvalue weighted by Crippen LogP contribution is -3.08. The fraction of sp³-hybridized carbons (Fsp3) is 0.462. The van der Waals surface area contributed by atoms with Crippen molar-refractivity contribution < 1.29 is 38.3 Å². The zero-order valence-corrected chi connectivity index (χ0v) is 20.8. The summed E-state index contributed by atoms with van der Waals surface area (Å²) in [5.74, 6) is 1.35. The van der Waals surface area contributed by atoms with E-state index in [1.807, 2.05) is 12.1 Å². The maximum Gasteiger partial charge on any atom is 0.308 e. The average Bonchev–Trinajstić information content (AvgIpc) is 2.79. The van der Waals surface area contributed by atoms with Gasteiger partial charge in [-0.2, -0.15) is 0 Å². The molecule has 0 bridgehead atoms. The topological polar surface area (TPSA) is 79.9 Å². The predicted molar refractivity (Wildman–Crippen MR) is 126 cm³/mol. The Morgan fingerprint density at radius 2 is 1.09 bits per heavy atom. The number of nitrogens with one attached hydrogen (secondary N) is 2. The van der Waals surface area contributed by atoms with Gasteiger partial charge in [0.15, 0.2) is 23.0 Å². The molecule has 0 saturated heterocycles. The Balaban J connectivity index is 2.01. The number of quaternary nitrogens is 2. The largest absolute Gasteiger partial charge is 0.493 e. The number of hydrogen-bond acceptors (Lipinski definition) is 6. The molecule has 0 spiro atoms. The van der Waals surface area contributed by atoms with Gasteiger partial charge in [-0.05, 0) is 34.4 Å². The van der Waals surface area contributed by atoms with Crippen LogP contribution in [0.1, 0.15) is 36.1 Å². The van der Waals surface area contributed by atoms with Crippen molar-refractivity contribution in [2.45, 2.75) is 39.8 Å². The molecule has 34 heavy (non-hydrogen) atoms. The second-order valence-electron chi connectivity index (χ2n) is 9.28. The summed E-state index contributed by atoms with van der Waals surface area (Å²) in [5.41, 5.74) is 6.45. The minimum absolute atomic E-state index is 0.368. The standard InChI is InChI=1S/C26H32N2O6/c1-15(29)33-25-21-13-27(3)9-7-17(21)19(11-23(25)31-5)20-12-24(32-6)26(34-16(2)30)22-14-28(4)10-8-18(20)22/h11-12H,7-10,13-14H2,1-6H3/p+2. The molecular formula is C26H34N2O6+2. The number of hydrogen-bond donors (Lipinski definition) is 2. The summed E-state index contributed by atoms with van der Waals surface area (Å²) in [6, 6.07) is 3.95. The van der Waals surface area contributed by atoms with Crippen molar-refractivity contribution in [2.75, 3.05) is 41.4 Å². The van der Waals surface area contributed by atoms with Gasteiger partial charge in [0.1, 0.15) is 13.1 Å². The van der Waals surface area contributed by atoms with Gasteiger partial charge in [0, 0.05) is 26.7 Å². The number of likely N-dealkylation sites (N-methyl/N-ethyl adjacent to an activating group) is 2. The highest BCUT2D eigenvalue weighted by atomic mass is 16.6. The van der Waals surface area contributed by atoms with Crippen molar-refractivity contribution in [3.05, 3.63) is 34.4 Å². The van der Waals surface area contributed by atoms with E-state index in [4.69, 9.17) is 18.9 Å². The SMILES string of the molecule is COc1cc(-c2cc(OC)c(OC(C)=O)c3c2CC[NH+](C)C3)c2c(c1OC(C)=O)C[NH+](C)CC2. The highest BCUT2D eigenvalue weighted by molar-refractivity contribution is 5.82. The molecule has 0 aromatic heterocycles. The van der Waals surface area contributed by atoms with E-state index in [0.29, 0.717) is 23.0 Å². The number of carbonyl (C=O) groups is 2. The molecule has 4 rings (SSSR count). The molecule has 8 nitrogen and oxygen atoms in total. The summed E-state index contributed by atoms with van der Waals surface area (Å²) in [5, 5.41) is 0. The number of methoxy groups -OCH3 is 2. The number of esters is 2. The molecule has 2 unspecified atom stereocenters. The van der Waals surface area contributed by atoms with Gasteiger partial charge in [-0.15, -0.1) is 0 Å². The van der Waals surface area contributed by atoms with E-state index in [9.17, 15) is 9.59 Å². The minimum Gasteiger partial charge on any atom is -0.493 e. The first-order valence-corrected chi connectivity index (χ1v) is 11.7. The molecule has 0 aliphatic carbocycles. The summed E-state index contributed by atoms with van der Waals surface area (Å²) in [4.78, 5) is 26.5. The Morgan fingerprint density at radius 1 is 0.706 bits per heavy atom. The maximum atomic E-state index is 11.9. The van der Waals surface area contributed by atoms with Crippen molar-refractivity contribution in [3.63, 3.8) is 0 Å². The van der Waals surface area contributed by atoms with E-state index < -0.39 is 0 Å². The zero-order valence-electron chi connectivity index (χ0n) is 20.8. The number of ether oxygens (including phenoxy) is 4. The van der Waals surface area contributed by atoms with Crippen LogP contribution in [0.5, 0.6) is 23.0 Å². The second kappa shape index (κ2) is 9.64. The van der Waals surface area contributed by atoms with Crippen LogP contribution >= 0.6 is 0 Å². The van der Waals surface area contributed by atoms with Gasteiger partial charge in [-0.3, -0.25) is 9.59 Å². The monoisotopic (exact) mass is 470 g/mol. The Kier molecular flexibility index (Phi) is 6.81. The van der Waals surface area contributed by atoms with Crippen LogP contribution in [-0.4, -0.2) is 53.3 Å². The first kappa shape index (κ1) is 24.0. The Bertz CT molecular complexity index is 1050. The van der Waals surface area contributed by atoms with Gasteiger partial charge in [-0.25, -0.2) is 0 Å². The Morgan fingerprint density at radius 3 is 1.41 bits per heavy atom. The number of rotatable bonds is 5. The molecule has 0 saturated carbocycles. The van der Waals surface area contributed by atoms with Crippen LogP contribution in [0.2, 0.25) is 0 Å². The molecule has 182 valence electrons. The molecule has 2 atom stereocenters. The van der Waals surface area contributed by atoms with Crippen molar-refractivity contribution >= 4 is 11.9 Å². The predicted octanol–water partition coefficient (Wildman–Crippen LogP) is 0.363. The third kappa shape index (κ3) is 4.48. The third-order valence-corrected chi connectivity index (χ3v) is 6.71. The van der Waals surface area contributed by atoms with Crippen molar-refractivity contribution in [2.24, 2.45) is 0 Å². The minimum atomic E-state index is -0.368. The van der Waals surface area contributed by atoms with Crippen LogP contribution in [0.3, 0.4) is 0 Å². The highest BCUT2D eigenvalue weighted by Crippen LogP contribution is 2.46. The molecule has 0 amide bonds. The Labute approximate surface area is 200 Å². The van der Waals surface area contributed by atoms with Crippen molar-refractivity contribution in [3.8, 4) is 34.1 Å². The number of fused-ring (bicyclic) bond motifs is 2. The smallest absolute Gasteiger partial charge is 0.308 e. The maximum absolute atomic E-state index is 11.9. The first-order valence-electron chi connectivity index (χ1n) is 11.7. The van der Waals surface area contributed by atoms with Gasteiger partial charge in [0.2, 0.25) is 0 Å². The fourth-order valence-corrected chi connectivity index (χ4v) is 5.16. The third-order valence-electron chi connectivity index (χ3n) is 6.71. The summed E-state index contributed by atoms with van der Waals surface area (Å²) in [6.45, 7) is 6.24. The number of carbonyl (C=O) groups excluding carboxylic acids is 2. The van der Waals surface area contributed by atoms with Gasteiger partial charge in [-0.1, -0.05) is 0 Å². The van der Waals surface area contributed by atoms with Gasteiger partial charge < -0.3 is 28.7 Å². The number of benzene rings is 2. The lowest BCUT2D eigenvalue weighted by atomic mass is 9.84. The summed E-state index contributed by atoms with van der Waals surface area (Å²) in [7, 11) is 7.46. The Hall–Kier alpha value is -3.10. The summed E-state index contributed by atoms with van der Waals surface area (Å²) >= 11 is 0. The normalized spacial score (nSPS) is 19.0. The van der Waals surface area contributed by atoms with E-state index in [1.165, 1.54) is 34.8 Å².